The van der Waals surface area contributed by atoms with Crippen molar-refractivity contribution in [3.63, 3.8) is 0 Å². The monoisotopic (exact) mass is 431 g/mol. The van der Waals surface area contributed by atoms with Crippen LogP contribution in [0.4, 0.5) is 4.39 Å². The van der Waals surface area contributed by atoms with Crippen LogP contribution in [0, 0.1) is 5.82 Å². The Kier molecular flexibility index (Phi) is 6.28. The van der Waals surface area contributed by atoms with Gasteiger partial charge in [-0.1, -0.05) is 48.5 Å². The number of nitrogens with one attached hydrogen (secondary N) is 2. The largest absolute Gasteiger partial charge is 0.495 e. The van der Waals surface area contributed by atoms with Crippen molar-refractivity contribution in [2.45, 2.75) is 6.10 Å². The number of rotatable bonds is 7. The third kappa shape index (κ3) is 4.53. The smallest absolute Gasteiger partial charge is 0.255 e. The zero-order valence-electron chi connectivity index (χ0n) is 17.4. The highest BCUT2D eigenvalue weighted by Gasteiger charge is 2.19. The molecule has 0 saturated heterocycles. The van der Waals surface area contributed by atoms with Gasteiger partial charge in [0.1, 0.15) is 11.6 Å². The van der Waals surface area contributed by atoms with Gasteiger partial charge in [0, 0.05) is 6.54 Å². The Labute approximate surface area is 184 Å². The molecule has 1 aromatic heterocycles. The van der Waals surface area contributed by atoms with Gasteiger partial charge in [-0.15, -0.1) is 0 Å². The van der Waals surface area contributed by atoms with Crippen molar-refractivity contribution in [1.82, 2.24) is 15.5 Å². The van der Waals surface area contributed by atoms with Crippen LogP contribution in [0.15, 0.2) is 66.7 Å². The number of carbonyl (C=O) groups excluding carboxylic acids is 1. The first-order valence-electron chi connectivity index (χ1n) is 10.1. The average molecular weight is 431 g/mol. The Morgan fingerprint density at radius 1 is 1.12 bits per heavy atom. The van der Waals surface area contributed by atoms with Crippen LogP contribution in [0.25, 0.3) is 23.1 Å². The van der Waals surface area contributed by atoms with E-state index in [9.17, 15) is 14.3 Å². The fraction of sp³-hybridized carbons (Fsp3) is 0.120. The standard InChI is InChI=1S/C25H22FN3O3/c1-32-24-19(25(31)27-15-22(30)17-5-3-2-4-6-17)12-14-21-23(24)20(28-29-21)13-9-16-7-10-18(26)11-8-16/h2-14,22,30H,15H2,1H3,(H,27,31)(H,28,29)/t22-/m1/s1. The van der Waals surface area contributed by atoms with E-state index in [1.165, 1.54) is 19.2 Å². The summed E-state index contributed by atoms with van der Waals surface area (Å²) in [7, 11) is 1.49. The SMILES string of the molecule is COc1c(C(=O)NC[C@@H](O)c2ccccc2)ccc2[nH]nc(C=Cc3ccc(F)cc3)c12. The predicted octanol–water partition coefficient (Wildman–Crippen LogP) is 4.34. The lowest BCUT2D eigenvalue weighted by atomic mass is 10.1. The van der Waals surface area contributed by atoms with Crippen LogP contribution in [0.2, 0.25) is 0 Å². The van der Waals surface area contributed by atoms with Gasteiger partial charge in [-0.2, -0.15) is 5.10 Å². The minimum atomic E-state index is -0.821. The Hall–Kier alpha value is -3.97. The molecule has 0 bridgehead atoms. The van der Waals surface area contributed by atoms with E-state index in [4.69, 9.17) is 4.74 Å². The number of hydrogen-bond acceptors (Lipinski definition) is 4. The highest BCUT2D eigenvalue weighted by molar-refractivity contribution is 6.05. The number of H-pyrrole nitrogens is 1. The highest BCUT2D eigenvalue weighted by Crippen LogP contribution is 2.32. The second kappa shape index (κ2) is 9.45. The van der Waals surface area contributed by atoms with Gasteiger partial charge in [0.05, 0.1) is 35.4 Å². The van der Waals surface area contributed by atoms with E-state index < -0.39 is 6.10 Å². The van der Waals surface area contributed by atoms with Gasteiger partial charge >= 0.3 is 0 Å². The molecular weight excluding hydrogens is 409 g/mol. The number of methoxy groups -OCH3 is 1. The summed E-state index contributed by atoms with van der Waals surface area (Å²) < 4.78 is 18.7. The van der Waals surface area contributed by atoms with Crippen molar-refractivity contribution in [3.05, 3.63) is 94.9 Å². The summed E-state index contributed by atoms with van der Waals surface area (Å²) in [5.41, 5.74) is 3.16. The topological polar surface area (TPSA) is 87.2 Å². The first-order valence-corrected chi connectivity index (χ1v) is 10.1. The number of ether oxygens (including phenoxy) is 1. The van der Waals surface area contributed by atoms with Crippen molar-refractivity contribution in [2.75, 3.05) is 13.7 Å². The molecule has 32 heavy (non-hydrogen) atoms. The van der Waals surface area contributed by atoms with Crippen molar-refractivity contribution in [3.8, 4) is 5.75 Å². The molecule has 0 aliphatic heterocycles. The predicted molar refractivity (Wildman–Crippen MR) is 122 cm³/mol. The van der Waals surface area contributed by atoms with E-state index in [1.807, 2.05) is 18.2 Å². The zero-order chi connectivity index (χ0) is 22.5. The van der Waals surface area contributed by atoms with E-state index in [1.54, 1.807) is 48.6 Å². The Morgan fingerprint density at radius 2 is 1.88 bits per heavy atom. The van der Waals surface area contributed by atoms with E-state index in [0.717, 1.165) is 11.1 Å². The van der Waals surface area contributed by atoms with Gasteiger partial charge in [0.25, 0.3) is 5.91 Å². The Balaban J connectivity index is 1.59. The van der Waals surface area contributed by atoms with Crippen LogP contribution in [0.3, 0.4) is 0 Å². The molecular formula is C25H22FN3O3. The molecule has 0 fully saturated rings. The van der Waals surface area contributed by atoms with Gasteiger partial charge in [-0.25, -0.2) is 4.39 Å². The fourth-order valence-corrected chi connectivity index (χ4v) is 3.44. The summed E-state index contributed by atoms with van der Waals surface area (Å²) in [5.74, 6) is -0.294. The molecule has 0 saturated carbocycles. The van der Waals surface area contributed by atoms with E-state index >= 15 is 0 Å². The first kappa shape index (κ1) is 21.3. The number of nitrogens with zero attached hydrogens (tertiary/aromatic N) is 1. The van der Waals surface area contributed by atoms with E-state index in [2.05, 4.69) is 15.5 Å². The lowest BCUT2D eigenvalue weighted by Crippen LogP contribution is -2.28. The number of aromatic amines is 1. The lowest BCUT2D eigenvalue weighted by molar-refractivity contribution is 0.0913. The zero-order valence-corrected chi connectivity index (χ0v) is 17.4. The summed E-state index contributed by atoms with van der Waals surface area (Å²) in [6.45, 7) is 0.0623. The van der Waals surface area contributed by atoms with Crippen LogP contribution in [0.5, 0.6) is 5.75 Å². The summed E-state index contributed by atoms with van der Waals surface area (Å²) in [6.07, 6.45) is 2.75. The summed E-state index contributed by atoms with van der Waals surface area (Å²) in [5, 5.41) is 21.0. The van der Waals surface area contributed by atoms with Gasteiger partial charge in [0.2, 0.25) is 0 Å². The molecule has 1 amide bonds. The number of aliphatic hydroxyl groups is 1. The molecule has 1 atom stereocenters. The molecule has 162 valence electrons. The minimum absolute atomic E-state index is 0.0623. The van der Waals surface area contributed by atoms with Crippen LogP contribution in [0.1, 0.15) is 33.3 Å². The third-order valence-corrected chi connectivity index (χ3v) is 5.10. The van der Waals surface area contributed by atoms with Crippen LogP contribution in [-0.2, 0) is 0 Å². The van der Waals surface area contributed by atoms with Crippen molar-refractivity contribution in [2.24, 2.45) is 0 Å². The molecule has 1 heterocycles. The first-order chi connectivity index (χ1) is 15.6. The molecule has 0 unspecified atom stereocenters. The number of aliphatic hydroxyl groups excluding tert-OH is 1. The molecule has 0 aliphatic rings. The van der Waals surface area contributed by atoms with Crippen LogP contribution in [-0.4, -0.2) is 34.9 Å². The number of benzene rings is 3. The Bertz CT molecular complexity index is 1250. The quantitative estimate of drug-likeness (QED) is 0.406. The van der Waals surface area contributed by atoms with E-state index in [-0.39, 0.29) is 18.3 Å². The van der Waals surface area contributed by atoms with Gasteiger partial charge in [-0.05, 0) is 41.5 Å². The molecule has 4 aromatic rings. The van der Waals surface area contributed by atoms with Gasteiger partial charge < -0.3 is 15.2 Å². The maximum Gasteiger partial charge on any atom is 0.255 e. The molecule has 0 aliphatic carbocycles. The summed E-state index contributed by atoms with van der Waals surface area (Å²) in [6, 6.07) is 18.6. The number of carbonyl (C=O) groups is 1. The average Bonchev–Trinajstić information content (AvgIpc) is 3.25. The van der Waals surface area contributed by atoms with Crippen molar-refractivity contribution >= 4 is 29.0 Å². The second-order valence-electron chi connectivity index (χ2n) is 7.20. The van der Waals surface area contributed by atoms with Crippen LogP contribution < -0.4 is 10.1 Å². The molecule has 4 rings (SSSR count). The second-order valence-corrected chi connectivity index (χ2v) is 7.20. The minimum Gasteiger partial charge on any atom is -0.495 e. The molecule has 0 radical (unpaired) electrons. The number of fused-ring (bicyclic) bond motifs is 1. The highest BCUT2D eigenvalue weighted by atomic mass is 19.1. The molecule has 0 spiro atoms. The van der Waals surface area contributed by atoms with Gasteiger partial charge in [-0.3, -0.25) is 9.89 Å². The van der Waals surface area contributed by atoms with Gasteiger partial charge in [0.15, 0.2) is 0 Å². The third-order valence-electron chi connectivity index (χ3n) is 5.10. The molecule has 7 heteroatoms. The lowest BCUT2D eigenvalue weighted by Gasteiger charge is -2.14. The number of hydrogen-bond donors (Lipinski definition) is 3. The molecule has 3 N–H and O–H groups in total. The normalized spacial score (nSPS) is 12.2. The fourth-order valence-electron chi connectivity index (χ4n) is 3.44. The summed E-state index contributed by atoms with van der Waals surface area (Å²) >= 11 is 0. The maximum absolute atomic E-state index is 13.1. The summed E-state index contributed by atoms with van der Waals surface area (Å²) in [4.78, 5) is 12.9. The number of aromatic nitrogens is 2. The Morgan fingerprint density at radius 3 is 2.59 bits per heavy atom. The van der Waals surface area contributed by atoms with Crippen molar-refractivity contribution < 1.29 is 19.0 Å². The van der Waals surface area contributed by atoms with Crippen molar-refractivity contribution in [1.29, 1.82) is 0 Å². The number of halogens is 1. The molecule has 6 nitrogen and oxygen atoms in total. The van der Waals surface area contributed by atoms with E-state index in [0.29, 0.717) is 27.9 Å². The molecule has 3 aromatic carbocycles. The maximum atomic E-state index is 13.1. The van der Waals surface area contributed by atoms with Crippen LogP contribution >= 0.6 is 0 Å². The number of amides is 1.